The SMILES string of the molecule is CCC(C)(C)c1nnc(NC(=O)/C=C/c2ccc(Cl)cc2)s1. The number of anilines is 1. The van der Waals surface area contributed by atoms with Gasteiger partial charge in [-0.15, -0.1) is 10.2 Å². The molecule has 0 saturated carbocycles. The summed E-state index contributed by atoms with van der Waals surface area (Å²) in [6, 6.07) is 7.25. The van der Waals surface area contributed by atoms with Crippen LogP contribution < -0.4 is 5.32 Å². The Morgan fingerprint density at radius 1 is 1.32 bits per heavy atom. The molecule has 0 fully saturated rings. The molecule has 0 aliphatic carbocycles. The van der Waals surface area contributed by atoms with Crippen molar-refractivity contribution < 1.29 is 4.79 Å². The van der Waals surface area contributed by atoms with Gasteiger partial charge in [-0.1, -0.05) is 55.8 Å². The second-order valence-corrected chi connectivity index (χ2v) is 6.94. The molecule has 6 heteroatoms. The van der Waals surface area contributed by atoms with E-state index in [1.54, 1.807) is 18.2 Å². The number of rotatable bonds is 5. The Balaban J connectivity index is 1.99. The van der Waals surface area contributed by atoms with Gasteiger partial charge in [0.05, 0.1) is 0 Å². The topological polar surface area (TPSA) is 54.9 Å². The van der Waals surface area contributed by atoms with Gasteiger partial charge in [-0.3, -0.25) is 10.1 Å². The molecule has 116 valence electrons. The average Bonchev–Trinajstić information content (AvgIpc) is 2.96. The predicted molar refractivity (Wildman–Crippen MR) is 92.3 cm³/mol. The minimum Gasteiger partial charge on any atom is -0.297 e. The number of hydrogen-bond donors (Lipinski definition) is 1. The highest BCUT2D eigenvalue weighted by Gasteiger charge is 2.23. The van der Waals surface area contributed by atoms with Crippen LogP contribution in [0.3, 0.4) is 0 Å². The van der Waals surface area contributed by atoms with E-state index in [-0.39, 0.29) is 11.3 Å². The zero-order valence-electron chi connectivity index (χ0n) is 12.8. The molecule has 0 unspecified atom stereocenters. The first-order valence-corrected chi connectivity index (χ1v) is 8.19. The maximum atomic E-state index is 11.9. The van der Waals surface area contributed by atoms with Crippen molar-refractivity contribution in [1.82, 2.24) is 10.2 Å². The van der Waals surface area contributed by atoms with Crippen LogP contribution in [0.2, 0.25) is 5.02 Å². The first-order valence-electron chi connectivity index (χ1n) is 6.99. The summed E-state index contributed by atoms with van der Waals surface area (Å²) in [6.07, 6.45) is 4.16. The number of aromatic nitrogens is 2. The Morgan fingerprint density at radius 2 is 2.00 bits per heavy atom. The minimum absolute atomic E-state index is 0.0280. The summed E-state index contributed by atoms with van der Waals surface area (Å²) in [6.45, 7) is 6.33. The summed E-state index contributed by atoms with van der Waals surface area (Å²) in [5.41, 5.74) is 0.879. The molecular formula is C16H18ClN3OS. The summed E-state index contributed by atoms with van der Waals surface area (Å²) in [4.78, 5) is 11.9. The maximum absolute atomic E-state index is 11.9. The van der Waals surface area contributed by atoms with E-state index in [0.29, 0.717) is 10.2 Å². The van der Waals surface area contributed by atoms with Crippen LogP contribution >= 0.6 is 22.9 Å². The van der Waals surface area contributed by atoms with Gasteiger partial charge < -0.3 is 0 Å². The summed E-state index contributed by atoms with van der Waals surface area (Å²) in [7, 11) is 0. The Hall–Kier alpha value is -1.72. The molecule has 0 bridgehead atoms. The lowest BCUT2D eigenvalue weighted by Gasteiger charge is -2.17. The molecule has 1 amide bonds. The second-order valence-electron chi connectivity index (χ2n) is 5.52. The van der Waals surface area contributed by atoms with Crippen molar-refractivity contribution in [3.63, 3.8) is 0 Å². The average molecular weight is 336 g/mol. The highest BCUT2D eigenvalue weighted by Crippen LogP contribution is 2.30. The molecule has 1 heterocycles. The number of nitrogens with zero attached hydrogens (tertiary/aromatic N) is 2. The second kappa shape index (κ2) is 7.03. The molecule has 0 atom stereocenters. The van der Waals surface area contributed by atoms with E-state index in [2.05, 4.69) is 36.3 Å². The van der Waals surface area contributed by atoms with Crippen LogP contribution in [0, 0.1) is 0 Å². The zero-order chi connectivity index (χ0) is 16.2. The molecule has 1 aromatic heterocycles. The van der Waals surface area contributed by atoms with E-state index >= 15 is 0 Å². The van der Waals surface area contributed by atoms with E-state index in [9.17, 15) is 4.79 Å². The van der Waals surface area contributed by atoms with Gasteiger partial charge in [-0.05, 0) is 30.2 Å². The molecule has 0 spiro atoms. The van der Waals surface area contributed by atoms with Crippen molar-refractivity contribution >= 4 is 40.1 Å². The molecule has 2 aromatic rings. The summed E-state index contributed by atoms with van der Waals surface area (Å²) >= 11 is 7.23. The van der Waals surface area contributed by atoms with Crippen LogP contribution in [-0.4, -0.2) is 16.1 Å². The number of carbonyl (C=O) groups is 1. The standard InChI is InChI=1S/C16H18ClN3OS/c1-4-16(2,3)14-19-20-15(22-14)18-13(21)10-7-11-5-8-12(17)9-6-11/h5-10H,4H2,1-3H3,(H,18,20,21)/b10-7+. The Labute approximate surface area is 139 Å². The van der Waals surface area contributed by atoms with E-state index in [4.69, 9.17) is 11.6 Å². The molecule has 22 heavy (non-hydrogen) atoms. The highest BCUT2D eigenvalue weighted by atomic mass is 35.5. The first kappa shape index (κ1) is 16.6. The number of carbonyl (C=O) groups excluding carboxylic acids is 1. The van der Waals surface area contributed by atoms with Crippen molar-refractivity contribution in [3.05, 3.63) is 45.9 Å². The van der Waals surface area contributed by atoms with Crippen molar-refractivity contribution in [2.45, 2.75) is 32.6 Å². The van der Waals surface area contributed by atoms with Crippen molar-refractivity contribution in [2.75, 3.05) is 5.32 Å². The Morgan fingerprint density at radius 3 is 2.64 bits per heavy atom. The van der Waals surface area contributed by atoms with Crippen LogP contribution in [0.1, 0.15) is 37.8 Å². The molecule has 0 saturated heterocycles. The largest absolute Gasteiger partial charge is 0.297 e. The first-order chi connectivity index (χ1) is 10.4. The highest BCUT2D eigenvalue weighted by molar-refractivity contribution is 7.15. The quantitative estimate of drug-likeness (QED) is 0.817. The van der Waals surface area contributed by atoms with Crippen LogP contribution in [0.15, 0.2) is 30.3 Å². The van der Waals surface area contributed by atoms with Gasteiger partial charge in [0.1, 0.15) is 5.01 Å². The van der Waals surface area contributed by atoms with Gasteiger partial charge in [0.25, 0.3) is 0 Å². The third kappa shape index (κ3) is 4.39. The molecule has 0 radical (unpaired) electrons. The van der Waals surface area contributed by atoms with Crippen LogP contribution in [-0.2, 0) is 10.2 Å². The summed E-state index contributed by atoms with van der Waals surface area (Å²) in [5.74, 6) is -0.230. The lowest BCUT2D eigenvalue weighted by Crippen LogP contribution is -2.14. The molecule has 2 rings (SSSR count). The minimum atomic E-state index is -0.230. The van der Waals surface area contributed by atoms with E-state index < -0.39 is 0 Å². The summed E-state index contributed by atoms with van der Waals surface area (Å²) < 4.78 is 0. The van der Waals surface area contributed by atoms with E-state index in [0.717, 1.165) is 17.0 Å². The van der Waals surface area contributed by atoms with Gasteiger partial charge in [-0.25, -0.2) is 0 Å². The monoisotopic (exact) mass is 335 g/mol. The predicted octanol–water partition coefficient (Wildman–Crippen LogP) is 4.53. The smallest absolute Gasteiger partial charge is 0.250 e. The van der Waals surface area contributed by atoms with Crippen molar-refractivity contribution in [2.24, 2.45) is 0 Å². The van der Waals surface area contributed by atoms with E-state index in [1.165, 1.54) is 17.4 Å². The van der Waals surface area contributed by atoms with Crippen molar-refractivity contribution in [3.8, 4) is 0 Å². The maximum Gasteiger partial charge on any atom is 0.250 e. The number of amides is 1. The van der Waals surface area contributed by atoms with Crippen LogP contribution in [0.4, 0.5) is 5.13 Å². The fraction of sp³-hybridized carbons (Fsp3) is 0.312. The fourth-order valence-corrected chi connectivity index (χ4v) is 2.64. The van der Waals surface area contributed by atoms with Gasteiger partial charge >= 0.3 is 0 Å². The summed E-state index contributed by atoms with van der Waals surface area (Å²) in [5, 5.41) is 13.0. The van der Waals surface area contributed by atoms with Gasteiger partial charge in [0.15, 0.2) is 0 Å². The molecule has 1 N–H and O–H groups in total. The number of nitrogens with one attached hydrogen (secondary N) is 1. The molecule has 1 aromatic carbocycles. The van der Waals surface area contributed by atoms with Gasteiger partial charge in [0.2, 0.25) is 11.0 Å². The number of hydrogen-bond acceptors (Lipinski definition) is 4. The Kier molecular flexibility index (Phi) is 5.32. The van der Waals surface area contributed by atoms with Crippen LogP contribution in [0.5, 0.6) is 0 Å². The number of benzene rings is 1. The third-order valence-corrected chi connectivity index (χ3v) is 4.87. The lowest BCUT2D eigenvalue weighted by molar-refractivity contribution is -0.111. The van der Waals surface area contributed by atoms with Crippen molar-refractivity contribution in [1.29, 1.82) is 0 Å². The Bertz CT molecular complexity index is 677. The third-order valence-electron chi connectivity index (χ3n) is 3.42. The van der Waals surface area contributed by atoms with Gasteiger partial charge in [0, 0.05) is 16.5 Å². The van der Waals surface area contributed by atoms with Crippen LogP contribution in [0.25, 0.3) is 6.08 Å². The zero-order valence-corrected chi connectivity index (χ0v) is 14.3. The molecule has 4 nitrogen and oxygen atoms in total. The molecular weight excluding hydrogens is 318 g/mol. The van der Waals surface area contributed by atoms with Gasteiger partial charge in [-0.2, -0.15) is 0 Å². The van der Waals surface area contributed by atoms with E-state index in [1.807, 2.05) is 12.1 Å². The molecule has 0 aliphatic heterocycles. The fourth-order valence-electron chi connectivity index (χ4n) is 1.59. The lowest BCUT2D eigenvalue weighted by atomic mass is 9.91. The normalized spacial score (nSPS) is 11.8. The number of halogens is 1. The molecule has 0 aliphatic rings.